The largest absolute Gasteiger partial charge is 0.496 e. The van der Waals surface area contributed by atoms with Gasteiger partial charge in [0.2, 0.25) is 0 Å². The van der Waals surface area contributed by atoms with Crippen molar-refractivity contribution in [2.24, 2.45) is 0 Å². The van der Waals surface area contributed by atoms with Crippen LogP contribution >= 0.6 is 0 Å². The summed E-state index contributed by atoms with van der Waals surface area (Å²) in [5.41, 5.74) is 3.77. The van der Waals surface area contributed by atoms with E-state index in [0.717, 1.165) is 22.6 Å². The van der Waals surface area contributed by atoms with Gasteiger partial charge in [0.15, 0.2) is 5.76 Å². The van der Waals surface area contributed by atoms with Crippen LogP contribution in [0, 0.1) is 6.92 Å². The van der Waals surface area contributed by atoms with Crippen LogP contribution in [0.3, 0.4) is 0 Å². The summed E-state index contributed by atoms with van der Waals surface area (Å²) in [6.45, 7) is 2.51. The lowest BCUT2D eigenvalue weighted by Gasteiger charge is -2.10. The predicted octanol–water partition coefficient (Wildman–Crippen LogP) is 3.83. The Morgan fingerprint density at radius 2 is 1.87 bits per heavy atom. The van der Waals surface area contributed by atoms with Crippen molar-refractivity contribution in [2.75, 3.05) is 7.11 Å². The standard InChI is InChI=1S/C23H22N4O3/c1-16-12-19(30-26-16)15-27-21(13-20(25-27)17-8-4-3-5-9-17)23(28)24-14-18-10-6-7-11-22(18)29-2/h3-13H,14-15H2,1-2H3,(H,24,28). The van der Waals surface area contributed by atoms with E-state index in [1.54, 1.807) is 17.9 Å². The summed E-state index contributed by atoms with van der Waals surface area (Å²) in [4.78, 5) is 13.0. The average molecular weight is 402 g/mol. The number of para-hydroxylation sites is 1. The van der Waals surface area contributed by atoms with Gasteiger partial charge < -0.3 is 14.6 Å². The van der Waals surface area contributed by atoms with Crippen molar-refractivity contribution in [3.05, 3.63) is 89.4 Å². The minimum Gasteiger partial charge on any atom is -0.496 e. The van der Waals surface area contributed by atoms with Crippen LogP contribution in [0.15, 0.2) is 71.3 Å². The van der Waals surface area contributed by atoms with Crippen molar-refractivity contribution >= 4 is 5.91 Å². The van der Waals surface area contributed by atoms with Gasteiger partial charge >= 0.3 is 0 Å². The van der Waals surface area contributed by atoms with Crippen molar-refractivity contribution in [3.8, 4) is 17.0 Å². The van der Waals surface area contributed by atoms with E-state index in [0.29, 0.717) is 30.2 Å². The monoisotopic (exact) mass is 402 g/mol. The first-order valence-electron chi connectivity index (χ1n) is 9.59. The molecule has 0 bridgehead atoms. The second-order valence-electron chi connectivity index (χ2n) is 6.87. The quantitative estimate of drug-likeness (QED) is 0.508. The minimum atomic E-state index is -0.230. The lowest BCUT2D eigenvalue weighted by molar-refractivity contribution is 0.0940. The van der Waals surface area contributed by atoms with E-state index in [4.69, 9.17) is 9.26 Å². The summed E-state index contributed by atoms with van der Waals surface area (Å²) in [7, 11) is 1.61. The molecular formula is C23H22N4O3. The molecule has 152 valence electrons. The van der Waals surface area contributed by atoms with Gasteiger partial charge in [0.05, 0.1) is 18.5 Å². The van der Waals surface area contributed by atoms with Crippen LogP contribution < -0.4 is 10.1 Å². The van der Waals surface area contributed by atoms with Gasteiger partial charge in [-0.05, 0) is 19.1 Å². The molecule has 0 atom stereocenters. The first kappa shape index (κ1) is 19.4. The number of ether oxygens (including phenoxy) is 1. The molecule has 7 heteroatoms. The van der Waals surface area contributed by atoms with E-state index in [1.165, 1.54) is 0 Å². The van der Waals surface area contributed by atoms with Crippen LogP contribution in [0.5, 0.6) is 5.75 Å². The fraction of sp³-hybridized carbons (Fsp3) is 0.174. The van der Waals surface area contributed by atoms with Crippen molar-refractivity contribution in [3.63, 3.8) is 0 Å². The van der Waals surface area contributed by atoms with Gasteiger partial charge in [-0.3, -0.25) is 9.48 Å². The molecule has 0 unspecified atom stereocenters. The molecule has 1 N–H and O–H groups in total. The van der Waals surface area contributed by atoms with Crippen LogP contribution in [-0.4, -0.2) is 28.0 Å². The Kier molecular flexibility index (Phi) is 5.61. The number of benzene rings is 2. The number of hydrogen-bond donors (Lipinski definition) is 1. The van der Waals surface area contributed by atoms with Crippen molar-refractivity contribution in [1.29, 1.82) is 0 Å². The maximum atomic E-state index is 13.0. The smallest absolute Gasteiger partial charge is 0.269 e. The lowest BCUT2D eigenvalue weighted by atomic mass is 10.1. The van der Waals surface area contributed by atoms with Crippen molar-refractivity contribution in [2.45, 2.75) is 20.0 Å². The summed E-state index contributed by atoms with van der Waals surface area (Å²) in [6, 6.07) is 21.0. The highest BCUT2D eigenvalue weighted by Crippen LogP contribution is 2.21. The first-order valence-corrected chi connectivity index (χ1v) is 9.59. The molecule has 4 aromatic rings. The van der Waals surface area contributed by atoms with Gasteiger partial charge in [-0.15, -0.1) is 0 Å². The molecule has 0 saturated heterocycles. The van der Waals surface area contributed by atoms with Gasteiger partial charge in [-0.2, -0.15) is 5.10 Å². The Balaban J connectivity index is 1.61. The number of nitrogens with one attached hydrogen (secondary N) is 1. The van der Waals surface area contributed by atoms with Crippen LogP contribution in [0.2, 0.25) is 0 Å². The Hall–Kier alpha value is -3.87. The molecule has 2 heterocycles. The number of nitrogens with zero attached hydrogens (tertiary/aromatic N) is 3. The number of rotatable bonds is 7. The second-order valence-corrected chi connectivity index (χ2v) is 6.87. The number of amides is 1. The zero-order valence-electron chi connectivity index (χ0n) is 16.8. The molecule has 0 fully saturated rings. The highest BCUT2D eigenvalue weighted by atomic mass is 16.5. The molecule has 30 heavy (non-hydrogen) atoms. The predicted molar refractivity (Wildman–Crippen MR) is 112 cm³/mol. The Morgan fingerprint density at radius 1 is 1.10 bits per heavy atom. The normalized spacial score (nSPS) is 10.7. The van der Waals surface area contributed by atoms with E-state index >= 15 is 0 Å². The van der Waals surface area contributed by atoms with Crippen LogP contribution in [-0.2, 0) is 13.1 Å². The zero-order valence-corrected chi connectivity index (χ0v) is 16.8. The third-order valence-electron chi connectivity index (χ3n) is 4.70. The van der Waals surface area contributed by atoms with Gasteiger partial charge in [0.25, 0.3) is 5.91 Å². The highest BCUT2D eigenvalue weighted by molar-refractivity contribution is 5.93. The number of hydrogen-bond acceptors (Lipinski definition) is 5. The van der Waals surface area contributed by atoms with E-state index in [2.05, 4.69) is 15.6 Å². The fourth-order valence-electron chi connectivity index (χ4n) is 3.22. The molecule has 7 nitrogen and oxygen atoms in total. The molecule has 2 aromatic carbocycles. The molecular weight excluding hydrogens is 380 g/mol. The third-order valence-corrected chi connectivity index (χ3v) is 4.70. The maximum Gasteiger partial charge on any atom is 0.269 e. The Labute approximate surface area is 174 Å². The number of aryl methyl sites for hydroxylation is 1. The van der Waals surface area contributed by atoms with Crippen LogP contribution in [0.25, 0.3) is 11.3 Å². The van der Waals surface area contributed by atoms with E-state index < -0.39 is 0 Å². The molecule has 1 amide bonds. The number of carbonyl (C=O) groups excluding carboxylic acids is 1. The highest BCUT2D eigenvalue weighted by Gasteiger charge is 2.18. The van der Waals surface area contributed by atoms with E-state index in [9.17, 15) is 4.79 Å². The van der Waals surface area contributed by atoms with E-state index in [-0.39, 0.29) is 5.91 Å². The van der Waals surface area contributed by atoms with Crippen molar-refractivity contribution in [1.82, 2.24) is 20.3 Å². The second kappa shape index (κ2) is 8.65. The summed E-state index contributed by atoms with van der Waals surface area (Å²) in [6.07, 6.45) is 0. The van der Waals surface area contributed by atoms with Crippen LogP contribution in [0.1, 0.15) is 27.5 Å². The summed E-state index contributed by atoms with van der Waals surface area (Å²) >= 11 is 0. The molecule has 2 aromatic heterocycles. The molecule has 0 radical (unpaired) electrons. The number of aromatic nitrogens is 3. The maximum absolute atomic E-state index is 13.0. The fourth-order valence-corrected chi connectivity index (χ4v) is 3.22. The van der Waals surface area contributed by atoms with Gasteiger partial charge in [-0.25, -0.2) is 0 Å². The Morgan fingerprint density at radius 3 is 2.60 bits per heavy atom. The Bertz CT molecular complexity index is 1150. The summed E-state index contributed by atoms with van der Waals surface area (Å²) in [5, 5.41) is 11.5. The third kappa shape index (κ3) is 4.25. The SMILES string of the molecule is COc1ccccc1CNC(=O)c1cc(-c2ccccc2)nn1Cc1cc(C)no1. The first-order chi connectivity index (χ1) is 14.6. The van der Waals surface area contributed by atoms with Crippen molar-refractivity contribution < 1.29 is 14.1 Å². The van der Waals surface area contributed by atoms with Gasteiger partial charge in [0.1, 0.15) is 18.0 Å². The van der Waals surface area contributed by atoms with Gasteiger partial charge in [-0.1, -0.05) is 53.7 Å². The summed E-state index contributed by atoms with van der Waals surface area (Å²) < 4.78 is 12.3. The molecule has 0 aliphatic rings. The average Bonchev–Trinajstić information content (AvgIpc) is 3.39. The molecule has 0 aliphatic carbocycles. The van der Waals surface area contributed by atoms with E-state index in [1.807, 2.05) is 67.6 Å². The van der Waals surface area contributed by atoms with Gasteiger partial charge in [0, 0.05) is 23.7 Å². The molecule has 0 saturated carbocycles. The topological polar surface area (TPSA) is 82.2 Å². The lowest BCUT2D eigenvalue weighted by Crippen LogP contribution is -2.26. The number of methoxy groups -OCH3 is 1. The molecule has 4 rings (SSSR count). The summed E-state index contributed by atoms with van der Waals surface area (Å²) in [5.74, 6) is 1.13. The minimum absolute atomic E-state index is 0.230. The zero-order chi connectivity index (χ0) is 20.9. The molecule has 0 spiro atoms. The number of carbonyl (C=O) groups is 1. The van der Waals surface area contributed by atoms with Crippen LogP contribution in [0.4, 0.5) is 0 Å². The molecule has 0 aliphatic heterocycles.